The Morgan fingerprint density at radius 2 is 1.76 bits per heavy atom. The molecule has 1 saturated heterocycles. The van der Waals surface area contributed by atoms with Gasteiger partial charge in [0.1, 0.15) is 12.2 Å². The van der Waals surface area contributed by atoms with Crippen molar-refractivity contribution in [3.8, 4) is 11.1 Å². The standard InChI is InChI=1S/C26H26N4O4/c1-30(23(24(27)31)22-15-28-12-13-29-22)14-6-7-17(16-30)34-25(32)26(33)20-10-4-2-8-18(20)19-9-3-5-11-21(19)26/h2-5,8-13,15,17,23,33H,6-7,14,16H2,1H3,(H-,27,31)/p+1/t17-,23?,30?/m1/s1. The zero-order valence-corrected chi connectivity index (χ0v) is 18.9. The van der Waals surface area contributed by atoms with E-state index in [2.05, 4.69) is 9.97 Å². The lowest BCUT2D eigenvalue weighted by molar-refractivity contribution is -0.937. The van der Waals surface area contributed by atoms with Crippen LogP contribution in [0.5, 0.6) is 0 Å². The van der Waals surface area contributed by atoms with E-state index in [0.717, 1.165) is 17.5 Å². The van der Waals surface area contributed by atoms with Crippen LogP contribution in [0.15, 0.2) is 67.1 Å². The molecule has 2 aromatic carbocycles. The minimum atomic E-state index is -1.89. The molecule has 1 aliphatic heterocycles. The number of nitrogens with zero attached hydrogens (tertiary/aromatic N) is 3. The summed E-state index contributed by atoms with van der Waals surface area (Å²) >= 11 is 0. The number of aliphatic hydroxyl groups is 1. The molecule has 8 nitrogen and oxygen atoms in total. The first kappa shape index (κ1) is 22.2. The van der Waals surface area contributed by atoms with Crippen LogP contribution >= 0.6 is 0 Å². The second-order valence-corrected chi connectivity index (χ2v) is 9.29. The van der Waals surface area contributed by atoms with Crippen LogP contribution < -0.4 is 5.73 Å². The third-order valence-corrected chi connectivity index (χ3v) is 7.06. The number of hydrogen-bond acceptors (Lipinski definition) is 6. The molecule has 3 aromatic rings. The van der Waals surface area contributed by atoms with Gasteiger partial charge in [0.25, 0.3) is 5.91 Å². The van der Waals surface area contributed by atoms with Gasteiger partial charge in [0, 0.05) is 29.9 Å². The first-order chi connectivity index (χ1) is 16.3. The van der Waals surface area contributed by atoms with Crippen LogP contribution in [-0.2, 0) is 19.9 Å². The van der Waals surface area contributed by atoms with Gasteiger partial charge in [-0.15, -0.1) is 0 Å². The van der Waals surface area contributed by atoms with E-state index in [1.807, 2.05) is 31.3 Å². The summed E-state index contributed by atoms with van der Waals surface area (Å²) in [7, 11) is 1.92. The highest BCUT2D eigenvalue weighted by molar-refractivity contribution is 5.96. The molecule has 2 unspecified atom stereocenters. The number of quaternary nitrogens is 1. The smallest absolute Gasteiger partial charge is 0.348 e. The van der Waals surface area contributed by atoms with Crippen LogP contribution in [0.1, 0.15) is 35.7 Å². The summed E-state index contributed by atoms with van der Waals surface area (Å²) in [5, 5.41) is 11.7. The monoisotopic (exact) mass is 459 g/mol. The summed E-state index contributed by atoms with van der Waals surface area (Å²) in [6.45, 7) is 1.05. The zero-order chi connectivity index (χ0) is 23.9. The number of carbonyl (C=O) groups excluding carboxylic acids is 2. The van der Waals surface area contributed by atoms with Crippen LogP contribution in [0.3, 0.4) is 0 Å². The van der Waals surface area contributed by atoms with E-state index in [9.17, 15) is 14.7 Å². The molecule has 8 heteroatoms. The Balaban J connectivity index is 1.43. The minimum absolute atomic E-state index is 0.248. The molecule has 0 spiro atoms. The highest BCUT2D eigenvalue weighted by Gasteiger charge is 2.51. The van der Waals surface area contributed by atoms with Gasteiger partial charge in [0.15, 0.2) is 6.10 Å². The molecule has 2 aliphatic rings. The van der Waals surface area contributed by atoms with Crippen molar-refractivity contribution in [2.75, 3.05) is 20.1 Å². The molecule has 1 amide bonds. The van der Waals surface area contributed by atoms with Gasteiger partial charge >= 0.3 is 5.97 Å². The second kappa shape index (κ2) is 8.30. The molecule has 3 atom stereocenters. The molecular formula is C26H27N4O4+. The summed E-state index contributed by atoms with van der Waals surface area (Å²) in [6.07, 6.45) is 5.48. The van der Waals surface area contributed by atoms with Gasteiger partial charge in [0.05, 0.1) is 19.8 Å². The topological polar surface area (TPSA) is 115 Å². The van der Waals surface area contributed by atoms with Crippen molar-refractivity contribution < 1.29 is 23.9 Å². The highest BCUT2D eigenvalue weighted by atomic mass is 16.6. The third-order valence-electron chi connectivity index (χ3n) is 7.06. The molecule has 3 N–H and O–H groups in total. The van der Waals surface area contributed by atoms with Crippen LogP contribution in [0.2, 0.25) is 0 Å². The Morgan fingerprint density at radius 3 is 2.35 bits per heavy atom. The molecular weight excluding hydrogens is 432 g/mol. The summed E-state index contributed by atoms with van der Waals surface area (Å²) in [5.74, 6) is -1.22. The zero-order valence-electron chi connectivity index (χ0n) is 18.9. The third kappa shape index (κ3) is 3.46. The first-order valence-electron chi connectivity index (χ1n) is 11.4. The Labute approximate surface area is 197 Å². The number of likely N-dealkylation sites (N-methyl/N-ethyl adjacent to an activating group) is 1. The summed E-state index contributed by atoms with van der Waals surface area (Å²) in [5.41, 5.74) is 7.06. The van der Waals surface area contributed by atoms with Gasteiger partial charge in [-0.1, -0.05) is 48.5 Å². The summed E-state index contributed by atoms with van der Waals surface area (Å²) in [4.78, 5) is 34.4. The Hall–Kier alpha value is -3.62. The number of ether oxygens (including phenoxy) is 1. The number of primary amides is 1. The van der Waals surface area contributed by atoms with E-state index in [1.54, 1.807) is 36.7 Å². The van der Waals surface area contributed by atoms with Crippen LogP contribution in [0.25, 0.3) is 11.1 Å². The van der Waals surface area contributed by atoms with Gasteiger partial charge in [-0.3, -0.25) is 14.8 Å². The fourth-order valence-corrected chi connectivity index (χ4v) is 5.55. The predicted molar refractivity (Wildman–Crippen MR) is 124 cm³/mol. The second-order valence-electron chi connectivity index (χ2n) is 9.29. The quantitative estimate of drug-likeness (QED) is 0.446. The van der Waals surface area contributed by atoms with Crippen molar-refractivity contribution in [3.63, 3.8) is 0 Å². The molecule has 1 aromatic heterocycles. The molecule has 1 aliphatic carbocycles. The fourth-order valence-electron chi connectivity index (χ4n) is 5.55. The van der Waals surface area contributed by atoms with Crippen molar-refractivity contribution in [1.82, 2.24) is 9.97 Å². The molecule has 1 fully saturated rings. The van der Waals surface area contributed by atoms with Gasteiger partial charge < -0.3 is 20.1 Å². The van der Waals surface area contributed by atoms with Crippen molar-refractivity contribution in [1.29, 1.82) is 0 Å². The fraction of sp³-hybridized carbons (Fsp3) is 0.308. The van der Waals surface area contributed by atoms with E-state index < -0.39 is 29.6 Å². The molecule has 34 heavy (non-hydrogen) atoms. The van der Waals surface area contributed by atoms with Crippen molar-refractivity contribution in [2.45, 2.75) is 30.6 Å². The lowest BCUT2D eigenvalue weighted by atomic mass is 9.91. The molecule has 5 rings (SSSR count). The van der Waals surface area contributed by atoms with E-state index in [1.165, 1.54) is 6.20 Å². The number of rotatable bonds is 5. The lowest BCUT2D eigenvalue weighted by Gasteiger charge is -2.44. The van der Waals surface area contributed by atoms with E-state index >= 15 is 0 Å². The number of carbonyl (C=O) groups is 2. The molecule has 0 radical (unpaired) electrons. The van der Waals surface area contributed by atoms with Crippen molar-refractivity contribution in [2.24, 2.45) is 5.73 Å². The highest BCUT2D eigenvalue weighted by Crippen LogP contribution is 2.48. The molecule has 0 bridgehead atoms. The number of piperidine rings is 1. The maximum Gasteiger partial charge on any atom is 0.348 e. The average molecular weight is 460 g/mol. The maximum absolute atomic E-state index is 13.6. The SMILES string of the molecule is C[N+]1(C(C(N)=O)c2cnccn2)CCC[C@@H](OC(=O)C2(O)c3ccccc3-c3ccccc32)C1. The van der Waals surface area contributed by atoms with Crippen LogP contribution in [0.4, 0.5) is 0 Å². The number of hydrogen-bond donors (Lipinski definition) is 2. The van der Waals surface area contributed by atoms with Crippen LogP contribution in [-0.4, -0.2) is 57.7 Å². The first-order valence-corrected chi connectivity index (χ1v) is 11.4. The van der Waals surface area contributed by atoms with Gasteiger partial charge in [-0.2, -0.15) is 0 Å². The van der Waals surface area contributed by atoms with E-state index in [4.69, 9.17) is 10.5 Å². The normalized spacial score (nSPS) is 23.4. The number of esters is 1. The minimum Gasteiger partial charge on any atom is -0.454 e. The maximum atomic E-state index is 13.6. The average Bonchev–Trinajstić information content (AvgIpc) is 3.10. The largest absolute Gasteiger partial charge is 0.454 e. The summed E-state index contributed by atoms with van der Waals surface area (Å²) < 4.78 is 6.21. The van der Waals surface area contributed by atoms with Crippen LogP contribution in [0, 0.1) is 0 Å². The Morgan fingerprint density at radius 1 is 1.12 bits per heavy atom. The number of amides is 1. The van der Waals surface area contributed by atoms with Crippen molar-refractivity contribution in [3.05, 3.63) is 83.9 Å². The Bertz CT molecular complexity index is 1200. The molecule has 0 saturated carbocycles. The summed E-state index contributed by atoms with van der Waals surface area (Å²) in [6, 6.07) is 14.0. The van der Waals surface area contributed by atoms with Gasteiger partial charge in [-0.05, 0) is 17.5 Å². The molecule has 2 heterocycles. The number of aromatic nitrogens is 2. The number of nitrogens with two attached hydrogens (primary N) is 1. The van der Waals surface area contributed by atoms with E-state index in [0.29, 0.717) is 36.3 Å². The lowest BCUT2D eigenvalue weighted by Crippen LogP contribution is -2.59. The van der Waals surface area contributed by atoms with E-state index in [-0.39, 0.29) is 4.48 Å². The number of likely N-dealkylation sites (tertiary alicyclic amines) is 1. The predicted octanol–water partition coefficient (Wildman–Crippen LogP) is 2.07. The van der Waals surface area contributed by atoms with Crippen molar-refractivity contribution >= 4 is 11.9 Å². The molecule has 174 valence electrons. The number of benzene rings is 2. The van der Waals surface area contributed by atoms with Gasteiger partial charge in [-0.25, -0.2) is 4.79 Å². The van der Waals surface area contributed by atoms with Gasteiger partial charge in [0.2, 0.25) is 11.6 Å². The Kier molecular flexibility index (Phi) is 5.42. The number of fused-ring (bicyclic) bond motifs is 3.